The number of nitrogens with two attached hydrogens (primary N) is 1. The van der Waals surface area contributed by atoms with Gasteiger partial charge in [0.2, 0.25) is 5.89 Å². The highest BCUT2D eigenvalue weighted by molar-refractivity contribution is 8.03. The van der Waals surface area contributed by atoms with Crippen molar-refractivity contribution in [3.63, 3.8) is 0 Å². The van der Waals surface area contributed by atoms with Gasteiger partial charge < -0.3 is 20.2 Å². The number of nitrogens with zero attached hydrogens (tertiary/aromatic N) is 2. The summed E-state index contributed by atoms with van der Waals surface area (Å²) in [6, 6.07) is 5.11. The van der Waals surface area contributed by atoms with E-state index >= 15 is 0 Å². The average molecular weight is 533 g/mol. The van der Waals surface area contributed by atoms with Crippen molar-refractivity contribution in [3.8, 4) is 17.2 Å². The molecule has 2 aliphatic rings. The Morgan fingerprint density at radius 1 is 1.24 bits per heavy atom. The van der Waals surface area contributed by atoms with Crippen molar-refractivity contribution >= 4 is 28.6 Å². The lowest BCUT2D eigenvalue weighted by Crippen LogP contribution is -2.29. The molecule has 7 nitrogen and oxygen atoms in total. The summed E-state index contributed by atoms with van der Waals surface area (Å²) in [5, 5.41) is 5.05. The van der Waals surface area contributed by atoms with Gasteiger partial charge in [-0.1, -0.05) is 6.08 Å². The quantitative estimate of drug-likeness (QED) is 0.424. The van der Waals surface area contributed by atoms with Crippen LogP contribution in [0.4, 0.5) is 17.6 Å². The molecule has 3 heterocycles. The number of hydrogen-bond donors (Lipinski definition) is 2. The molecule has 1 aliphatic carbocycles. The molecule has 192 valence electrons. The minimum Gasteiger partial charge on any atom is -0.494 e. The van der Waals surface area contributed by atoms with Gasteiger partial charge in [-0.15, -0.1) is 11.8 Å². The maximum absolute atomic E-state index is 13.7. The van der Waals surface area contributed by atoms with E-state index in [0.717, 1.165) is 11.6 Å². The molecule has 0 saturated carbocycles. The van der Waals surface area contributed by atoms with E-state index in [1.807, 2.05) is 5.41 Å². The minimum absolute atomic E-state index is 0.00191. The maximum Gasteiger partial charge on any atom is 0.433 e. The Hall–Kier alpha value is -3.64. The monoisotopic (exact) mass is 532 g/mol. The van der Waals surface area contributed by atoms with Crippen LogP contribution in [0.1, 0.15) is 21.9 Å². The third-order valence-corrected chi connectivity index (χ3v) is 7.26. The third-order valence-electron chi connectivity index (χ3n) is 6.05. The molecular formula is C25H20F4N4O3S. The second-order valence-electron chi connectivity index (χ2n) is 8.31. The average Bonchev–Trinajstić information content (AvgIpc) is 3.49. The number of hydrogen-bond acceptors (Lipinski definition) is 7. The highest BCUT2D eigenvalue weighted by Gasteiger charge is 2.33. The van der Waals surface area contributed by atoms with E-state index in [-0.39, 0.29) is 58.7 Å². The minimum atomic E-state index is -4.64. The number of ether oxygens (including phenoxy) is 1. The molecule has 0 radical (unpaired) electrons. The number of carbonyl (C=O) groups excluding carboxylic acids is 1. The summed E-state index contributed by atoms with van der Waals surface area (Å²) in [5.41, 5.74) is 5.80. The van der Waals surface area contributed by atoms with Gasteiger partial charge in [0.1, 0.15) is 22.8 Å². The molecule has 5 rings (SSSR count). The lowest BCUT2D eigenvalue weighted by Gasteiger charge is -2.19. The number of nitrogens with one attached hydrogen (secondary N) is 1. The second-order valence-corrected chi connectivity index (χ2v) is 9.37. The van der Waals surface area contributed by atoms with Crippen molar-refractivity contribution in [2.24, 2.45) is 11.7 Å². The number of alkyl halides is 3. The molecule has 1 aromatic carbocycles. The number of thioether (sulfide) groups is 1. The van der Waals surface area contributed by atoms with E-state index in [1.54, 1.807) is 23.9 Å². The SMILES string of the molecule is COc1ccc(-c2nc(C(=O)NCC3=CSC4C=CC(F)=CC34)c(CN)o2)c2ccc(C(F)(F)F)nc12. The Balaban J connectivity index is 1.43. The van der Waals surface area contributed by atoms with Crippen molar-refractivity contribution in [2.75, 3.05) is 13.7 Å². The van der Waals surface area contributed by atoms with Gasteiger partial charge in [-0.05, 0) is 47.4 Å². The Bertz CT molecular complexity index is 1480. The Morgan fingerprint density at radius 3 is 2.78 bits per heavy atom. The molecule has 2 unspecified atom stereocenters. The summed E-state index contributed by atoms with van der Waals surface area (Å²) in [7, 11) is 1.32. The van der Waals surface area contributed by atoms with Crippen LogP contribution >= 0.6 is 11.8 Å². The van der Waals surface area contributed by atoms with E-state index in [2.05, 4.69) is 15.3 Å². The molecular weight excluding hydrogens is 512 g/mol. The molecule has 2 aromatic heterocycles. The maximum atomic E-state index is 13.7. The molecule has 0 spiro atoms. The predicted molar refractivity (Wildman–Crippen MR) is 130 cm³/mol. The van der Waals surface area contributed by atoms with E-state index in [4.69, 9.17) is 14.9 Å². The molecule has 0 bridgehead atoms. The number of aromatic nitrogens is 2. The largest absolute Gasteiger partial charge is 0.494 e. The number of benzene rings is 1. The smallest absolute Gasteiger partial charge is 0.433 e. The number of fused-ring (bicyclic) bond motifs is 2. The fourth-order valence-corrected chi connectivity index (χ4v) is 5.39. The summed E-state index contributed by atoms with van der Waals surface area (Å²) < 4.78 is 64.4. The fraction of sp³-hybridized carbons (Fsp3) is 0.240. The number of oxazole rings is 1. The predicted octanol–water partition coefficient (Wildman–Crippen LogP) is 5.14. The van der Waals surface area contributed by atoms with E-state index in [9.17, 15) is 22.4 Å². The molecule has 2 atom stereocenters. The van der Waals surface area contributed by atoms with Crippen LogP contribution in [0.2, 0.25) is 0 Å². The van der Waals surface area contributed by atoms with Crippen LogP contribution in [0.15, 0.2) is 63.7 Å². The van der Waals surface area contributed by atoms with Crippen LogP contribution in [-0.2, 0) is 12.7 Å². The van der Waals surface area contributed by atoms with Gasteiger partial charge in [0, 0.05) is 28.7 Å². The number of carbonyl (C=O) groups is 1. The van der Waals surface area contributed by atoms with Gasteiger partial charge in [0.25, 0.3) is 5.91 Å². The fourth-order valence-electron chi connectivity index (χ4n) is 4.23. The zero-order valence-corrected chi connectivity index (χ0v) is 20.1. The van der Waals surface area contributed by atoms with Gasteiger partial charge >= 0.3 is 6.18 Å². The van der Waals surface area contributed by atoms with Crippen LogP contribution in [0, 0.1) is 5.92 Å². The highest BCUT2D eigenvalue weighted by Crippen LogP contribution is 2.40. The Kier molecular flexibility index (Phi) is 6.54. The molecule has 1 amide bonds. The third kappa shape index (κ3) is 4.74. The zero-order valence-electron chi connectivity index (χ0n) is 19.3. The number of methoxy groups -OCH3 is 1. The van der Waals surface area contributed by atoms with Crippen LogP contribution in [0.25, 0.3) is 22.4 Å². The topological polar surface area (TPSA) is 103 Å². The normalized spacial score (nSPS) is 19.0. The summed E-state index contributed by atoms with van der Waals surface area (Å²) in [6.07, 6.45) is 0.0997. The lowest BCUT2D eigenvalue weighted by atomic mass is 9.92. The molecule has 12 heteroatoms. The van der Waals surface area contributed by atoms with Gasteiger partial charge in [-0.25, -0.2) is 14.4 Å². The summed E-state index contributed by atoms with van der Waals surface area (Å²) in [6.45, 7) is 0.0364. The van der Waals surface area contributed by atoms with E-state index in [0.29, 0.717) is 10.9 Å². The number of amides is 1. The zero-order chi connectivity index (χ0) is 26.3. The van der Waals surface area contributed by atoms with Crippen LogP contribution in [0.3, 0.4) is 0 Å². The summed E-state index contributed by atoms with van der Waals surface area (Å²) >= 11 is 1.55. The van der Waals surface area contributed by atoms with E-state index < -0.39 is 17.8 Å². The van der Waals surface area contributed by atoms with Crippen LogP contribution in [-0.4, -0.2) is 34.8 Å². The molecule has 3 aromatic rings. The first-order valence-corrected chi connectivity index (χ1v) is 12.1. The molecule has 0 fully saturated rings. The number of pyridine rings is 1. The van der Waals surface area contributed by atoms with Gasteiger partial charge in [-0.2, -0.15) is 13.2 Å². The van der Waals surface area contributed by atoms with Crippen LogP contribution in [0.5, 0.6) is 5.75 Å². The second kappa shape index (κ2) is 9.67. The molecule has 0 saturated heterocycles. The van der Waals surface area contributed by atoms with Gasteiger partial charge in [0.05, 0.1) is 13.7 Å². The first-order chi connectivity index (χ1) is 17.7. The van der Waals surface area contributed by atoms with E-state index in [1.165, 1.54) is 31.4 Å². The molecule has 37 heavy (non-hydrogen) atoms. The van der Waals surface area contributed by atoms with Crippen molar-refractivity contribution in [1.82, 2.24) is 15.3 Å². The van der Waals surface area contributed by atoms with Crippen molar-refractivity contribution in [2.45, 2.75) is 18.0 Å². The molecule has 1 aliphatic heterocycles. The standard InChI is InChI=1S/C25H20F4N4O3S/c1-35-17-5-3-15(14-4-7-20(25(27,28)29)32-21(14)17)24-33-22(18(9-30)36-24)23(34)31-10-12-11-37-19-6-2-13(26)8-16(12)19/h2-8,11,16,19H,9-10,30H2,1H3,(H,31,34). The summed E-state index contributed by atoms with van der Waals surface area (Å²) in [4.78, 5) is 21.0. The van der Waals surface area contributed by atoms with Crippen molar-refractivity contribution < 1.29 is 31.5 Å². The molecule has 3 N–H and O–H groups in total. The Labute approximate surface area is 212 Å². The first-order valence-electron chi connectivity index (χ1n) is 11.1. The van der Waals surface area contributed by atoms with Gasteiger partial charge in [-0.3, -0.25) is 4.79 Å². The van der Waals surface area contributed by atoms with Gasteiger partial charge in [0.15, 0.2) is 11.5 Å². The number of halogens is 4. The van der Waals surface area contributed by atoms with Crippen LogP contribution < -0.4 is 15.8 Å². The van der Waals surface area contributed by atoms with Crippen molar-refractivity contribution in [3.05, 3.63) is 76.4 Å². The lowest BCUT2D eigenvalue weighted by molar-refractivity contribution is -0.140. The first kappa shape index (κ1) is 25.0. The number of allylic oxidation sites excluding steroid dienone is 3. The summed E-state index contributed by atoms with van der Waals surface area (Å²) in [5.74, 6) is -0.783. The highest BCUT2D eigenvalue weighted by atomic mass is 32.2. The number of rotatable bonds is 6. The Morgan fingerprint density at radius 2 is 2.05 bits per heavy atom. The van der Waals surface area contributed by atoms with Crippen molar-refractivity contribution in [1.29, 1.82) is 0 Å².